The molecule has 2 aliphatic rings. The van der Waals surface area contributed by atoms with Crippen LogP contribution in [0.15, 0.2) is 101 Å². The minimum absolute atomic E-state index is 0.193. The highest BCUT2D eigenvalue weighted by atomic mass is 28.4. The van der Waals surface area contributed by atoms with Crippen LogP contribution in [0, 0.1) is 6.92 Å². The van der Waals surface area contributed by atoms with E-state index in [9.17, 15) is 19.2 Å². The van der Waals surface area contributed by atoms with Gasteiger partial charge in [-0.25, -0.2) is 4.79 Å². The molecule has 3 atom stereocenters. The lowest BCUT2D eigenvalue weighted by Gasteiger charge is -2.45. The molecule has 0 radical (unpaired) electrons. The first-order chi connectivity index (χ1) is 21.5. The smallest absolute Gasteiger partial charge is 0.330 e. The van der Waals surface area contributed by atoms with Gasteiger partial charge in [-0.3, -0.25) is 28.8 Å². The first-order valence-electron chi connectivity index (χ1n) is 14.9. The number of nitrogens with zero attached hydrogens (tertiary/aromatic N) is 2. The fourth-order valence-corrected chi connectivity index (χ4v) is 11.0. The summed E-state index contributed by atoms with van der Waals surface area (Å²) in [5.74, 6) is -1.11. The van der Waals surface area contributed by atoms with Gasteiger partial charge in [0.15, 0.2) is 0 Å². The fourth-order valence-electron chi connectivity index (χ4n) is 6.30. The van der Waals surface area contributed by atoms with Gasteiger partial charge < -0.3 is 9.16 Å². The van der Waals surface area contributed by atoms with Crippen molar-refractivity contribution in [2.75, 3.05) is 6.61 Å². The van der Waals surface area contributed by atoms with Gasteiger partial charge in [0, 0.05) is 18.2 Å². The number of imide groups is 1. The summed E-state index contributed by atoms with van der Waals surface area (Å²) in [6.07, 6.45) is -0.465. The van der Waals surface area contributed by atoms with Crippen LogP contribution in [0.3, 0.4) is 0 Å². The Labute approximate surface area is 261 Å². The number of hydrogen-bond donors (Lipinski definition) is 1. The summed E-state index contributed by atoms with van der Waals surface area (Å²) in [5, 5.41) is 2.53. The summed E-state index contributed by atoms with van der Waals surface area (Å²) < 4.78 is 15.2. The third-order valence-corrected chi connectivity index (χ3v) is 13.6. The van der Waals surface area contributed by atoms with E-state index in [1.165, 1.54) is 10.8 Å². The van der Waals surface area contributed by atoms with E-state index in [2.05, 4.69) is 50.0 Å². The lowest BCUT2D eigenvalue weighted by Crippen LogP contribution is -2.68. The molecule has 0 aliphatic carbocycles. The monoisotopic (exact) mass is 625 g/mol. The lowest BCUT2D eigenvalue weighted by molar-refractivity contribution is -0.139. The molecule has 4 aromatic rings. The predicted octanol–water partition coefficient (Wildman–Crippen LogP) is 3.31. The number of hydrogen-bond acceptors (Lipinski definition) is 7. The number of carbonyl (C=O) groups is 2. The third-order valence-electron chi connectivity index (χ3n) is 8.51. The van der Waals surface area contributed by atoms with Crippen molar-refractivity contribution in [3.8, 4) is 0 Å². The van der Waals surface area contributed by atoms with Crippen molar-refractivity contribution in [1.29, 1.82) is 0 Å². The Hall–Kier alpha value is -4.42. The number of aryl methyl sites for hydroxylation is 1. The second-order valence-corrected chi connectivity index (χ2v) is 16.7. The van der Waals surface area contributed by atoms with Crippen LogP contribution in [-0.4, -0.2) is 53.6 Å². The number of amides is 2. The number of fused-ring (bicyclic) bond motifs is 1. The second kappa shape index (κ2) is 11.8. The molecule has 2 amide bonds. The summed E-state index contributed by atoms with van der Waals surface area (Å²) in [5.41, 5.74) is -0.193. The quantitative estimate of drug-likeness (QED) is 0.236. The average molecular weight is 626 g/mol. The van der Waals surface area contributed by atoms with Crippen LogP contribution >= 0.6 is 0 Å². The van der Waals surface area contributed by atoms with Crippen LogP contribution in [-0.2, 0) is 14.0 Å². The minimum Gasteiger partial charge on any atom is -0.402 e. The van der Waals surface area contributed by atoms with E-state index in [0.717, 1.165) is 15.4 Å². The molecule has 232 valence electrons. The van der Waals surface area contributed by atoms with Crippen LogP contribution in [0.5, 0.6) is 0 Å². The number of rotatable bonds is 8. The maximum absolute atomic E-state index is 13.1. The number of ether oxygens (including phenoxy) is 1. The van der Waals surface area contributed by atoms with Gasteiger partial charge in [-0.05, 0) is 34.5 Å². The van der Waals surface area contributed by atoms with Crippen LogP contribution in [0.1, 0.15) is 59.7 Å². The molecule has 1 fully saturated rings. The highest BCUT2D eigenvalue weighted by molar-refractivity contribution is 6.99. The van der Waals surface area contributed by atoms with Crippen LogP contribution in [0.25, 0.3) is 0 Å². The number of benzene rings is 3. The molecule has 1 unspecified atom stereocenters. The van der Waals surface area contributed by atoms with Crippen molar-refractivity contribution in [2.45, 2.75) is 57.6 Å². The van der Waals surface area contributed by atoms with Crippen molar-refractivity contribution >= 4 is 30.5 Å². The molecule has 1 N–H and O–H groups in total. The van der Waals surface area contributed by atoms with E-state index in [0.29, 0.717) is 5.56 Å². The molecule has 3 heterocycles. The van der Waals surface area contributed by atoms with Gasteiger partial charge in [-0.15, -0.1) is 5.06 Å². The number of hydroxylamine groups is 2. The normalized spacial score (nSPS) is 20.1. The van der Waals surface area contributed by atoms with Gasteiger partial charge in [0.1, 0.15) is 18.9 Å². The molecule has 1 aromatic heterocycles. The molecule has 0 saturated carbocycles. The third kappa shape index (κ3) is 5.42. The molecule has 3 aromatic carbocycles. The maximum Gasteiger partial charge on any atom is 0.330 e. The van der Waals surface area contributed by atoms with Gasteiger partial charge in [-0.1, -0.05) is 93.6 Å². The van der Waals surface area contributed by atoms with Crippen molar-refractivity contribution in [3.63, 3.8) is 0 Å². The van der Waals surface area contributed by atoms with Gasteiger partial charge in [0.2, 0.25) is 0 Å². The maximum atomic E-state index is 13.1. The highest BCUT2D eigenvalue weighted by Gasteiger charge is 2.54. The summed E-state index contributed by atoms with van der Waals surface area (Å²) in [6.45, 7) is 7.90. The first-order valence-corrected chi connectivity index (χ1v) is 16.8. The summed E-state index contributed by atoms with van der Waals surface area (Å²) in [4.78, 5) is 59.4. The Kier molecular flexibility index (Phi) is 8.04. The highest BCUT2D eigenvalue weighted by Crippen LogP contribution is 2.41. The zero-order chi connectivity index (χ0) is 31.9. The number of aromatic amines is 1. The number of nitrogens with one attached hydrogen (secondary N) is 1. The molecule has 2 aliphatic heterocycles. The Morgan fingerprint density at radius 2 is 1.38 bits per heavy atom. The van der Waals surface area contributed by atoms with Crippen molar-refractivity contribution < 1.29 is 23.6 Å². The first kappa shape index (κ1) is 30.6. The van der Waals surface area contributed by atoms with E-state index in [4.69, 9.17) is 14.0 Å². The van der Waals surface area contributed by atoms with Crippen LogP contribution in [0.2, 0.25) is 5.04 Å². The Morgan fingerprint density at radius 1 is 0.844 bits per heavy atom. The van der Waals surface area contributed by atoms with Crippen molar-refractivity contribution in [2.24, 2.45) is 0 Å². The molecule has 6 rings (SSSR count). The van der Waals surface area contributed by atoms with Crippen molar-refractivity contribution in [1.82, 2.24) is 14.6 Å². The molecule has 45 heavy (non-hydrogen) atoms. The van der Waals surface area contributed by atoms with E-state index in [1.807, 2.05) is 36.4 Å². The van der Waals surface area contributed by atoms with Gasteiger partial charge in [0.25, 0.3) is 25.7 Å². The number of H-pyrrole nitrogens is 1. The summed E-state index contributed by atoms with van der Waals surface area (Å²) >= 11 is 0. The zero-order valence-corrected chi connectivity index (χ0v) is 26.6. The number of aromatic nitrogens is 2. The van der Waals surface area contributed by atoms with E-state index >= 15 is 0 Å². The van der Waals surface area contributed by atoms with E-state index in [1.54, 1.807) is 31.2 Å². The Morgan fingerprint density at radius 3 is 1.91 bits per heavy atom. The molecule has 11 heteroatoms. The zero-order valence-electron chi connectivity index (χ0n) is 25.6. The molecule has 0 bridgehead atoms. The fraction of sp³-hybridized carbons (Fsp3) is 0.294. The largest absolute Gasteiger partial charge is 0.402 e. The predicted molar refractivity (Wildman–Crippen MR) is 170 cm³/mol. The summed E-state index contributed by atoms with van der Waals surface area (Å²) in [6, 6.07) is 26.8. The van der Waals surface area contributed by atoms with E-state index in [-0.39, 0.29) is 29.2 Å². The van der Waals surface area contributed by atoms with Gasteiger partial charge in [0.05, 0.1) is 17.2 Å². The standard InChI is InChI=1S/C34H35N3O7Si/c1-22-20-36(33(41)35-30(22)38)29-19-27(28(43-29)21-42-37-31(39)25-17-11-12-18-26(25)32(37)40)44-45(34(2,3)4,23-13-7-5-8-14-23)24-15-9-6-10-16-24/h5-18,20,27-29H,19,21H2,1-4H3,(H,35,38,41)/t27?,28-,29-/m1/s1. The van der Waals surface area contributed by atoms with Crippen LogP contribution in [0.4, 0.5) is 0 Å². The van der Waals surface area contributed by atoms with Crippen molar-refractivity contribution in [3.05, 3.63) is 129 Å². The molecular formula is C34H35N3O7Si. The van der Waals surface area contributed by atoms with Crippen LogP contribution < -0.4 is 21.6 Å². The minimum atomic E-state index is -3.09. The summed E-state index contributed by atoms with van der Waals surface area (Å²) in [7, 11) is -3.09. The second-order valence-electron chi connectivity index (χ2n) is 12.4. The topological polar surface area (TPSA) is 120 Å². The molecular weight excluding hydrogens is 590 g/mol. The number of carbonyl (C=O) groups excluding carboxylic acids is 2. The Balaban J connectivity index is 1.39. The molecule has 10 nitrogen and oxygen atoms in total. The van der Waals surface area contributed by atoms with Gasteiger partial charge >= 0.3 is 5.69 Å². The lowest BCUT2D eigenvalue weighted by atomic mass is 10.1. The van der Waals surface area contributed by atoms with E-state index < -0.39 is 49.8 Å². The molecule has 1 saturated heterocycles. The average Bonchev–Trinajstić information content (AvgIpc) is 3.54. The Bertz CT molecular complexity index is 1780. The SMILES string of the molecule is Cc1cn([C@H]2CC(O[Si](c3ccccc3)(c3ccccc3)C(C)(C)C)[C@@H](CON3C(=O)c4ccccc4C3=O)O2)c(=O)[nH]c1=O. The molecule has 0 spiro atoms. The van der Waals surface area contributed by atoms with Gasteiger partial charge in [-0.2, -0.15) is 0 Å².